The second-order valence-corrected chi connectivity index (χ2v) is 4.52. The number of halogens is 2. The molecule has 9 heteroatoms. The summed E-state index contributed by atoms with van der Waals surface area (Å²) in [5, 5.41) is 2.14. The SMILES string of the molecule is COCCOC(=O)Nc1nc(OCc2ccc(F)cc2)ncc1F. The summed E-state index contributed by atoms with van der Waals surface area (Å²) in [5.74, 6) is -1.58. The summed E-state index contributed by atoms with van der Waals surface area (Å²) in [6.45, 7) is 0.290. The summed E-state index contributed by atoms with van der Waals surface area (Å²) in [7, 11) is 1.45. The lowest BCUT2D eigenvalue weighted by molar-refractivity contribution is 0.107. The van der Waals surface area contributed by atoms with Crippen LogP contribution in [0.5, 0.6) is 6.01 Å². The second-order valence-electron chi connectivity index (χ2n) is 4.52. The molecule has 128 valence electrons. The van der Waals surface area contributed by atoms with E-state index in [9.17, 15) is 13.6 Å². The molecule has 24 heavy (non-hydrogen) atoms. The molecule has 1 heterocycles. The fourth-order valence-corrected chi connectivity index (χ4v) is 1.59. The number of carbonyl (C=O) groups excluding carboxylic acids is 1. The molecule has 7 nitrogen and oxygen atoms in total. The lowest BCUT2D eigenvalue weighted by Crippen LogP contribution is -2.18. The quantitative estimate of drug-likeness (QED) is 0.781. The molecule has 0 fully saturated rings. The van der Waals surface area contributed by atoms with Crippen LogP contribution in [0.3, 0.4) is 0 Å². The van der Waals surface area contributed by atoms with Gasteiger partial charge in [-0.25, -0.2) is 18.6 Å². The van der Waals surface area contributed by atoms with Crippen LogP contribution in [0.25, 0.3) is 0 Å². The molecule has 0 aliphatic heterocycles. The Morgan fingerprint density at radius 1 is 1.21 bits per heavy atom. The highest BCUT2D eigenvalue weighted by atomic mass is 19.1. The van der Waals surface area contributed by atoms with Gasteiger partial charge in [-0.1, -0.05) is 12.1 Å². The molecule has 0 atom stereocenters. The van der Waals surface area contributed by atoms with Crippen LogP contribution < -0.4 is 10.1 Å². The predicted molar refractivity (Wildman–Crippen MR) is 79.6 cm³/mol. The van der Waals surface area contributed by atoms with Crippen LogP contribution in [-0.2, 0) is 16.1 Å². The van der Waals surface area contributed by atoms with Gasteiger partial charge in [-0.15, -0.1) is 0 Å². The van der Waals surface area contributed by atoms with E-state index in [0.717, 1.165) is 6.20 Å². The van der Waals surface area contributed by atoms with Crippen LogP contribution in [0.1, 0.15) is 5.56 Å². The number of nitrogens with zero attached hydrogens (tertiary/aromatic N) is 2. The van der Waals surface area contributed by atoms with Crippen LogP contribution in [-0.4, -0.2) is 36.4 Å². The van der Waals surface area contributed by atoms with Crippen molar-refractivity contribution in [2.24, 2.45) is 0 Å². The Kier molecular flexibility index (Phi) is 6.38. The van der Waals surface area contributed by atoms with E-state index in [1.807, 2.05) is 0 Å². The molecule has 2 rings (SSSR count). The zero-order valence-corrected chi connectivity index (χ0v) is 12.8. The molecule has 0 aliphatic rings. The van der Waals surface area contributed by atoms with E-state index in [4.69, 9.17) is 14.2 Å². The maximum absolute atomic E-state index is 13.6. The number of hydrogen-bond acceptors (Lipinski definition) is 6. The monoisotopic (exact) mass is 339 g/mol. The van der Waals surface area contributed by atoms with Gasteiger partial charge >= 0.3 is 12.1 Å². The number of methoxy groups -OCH3 is 1. The van der Waals surface area contributed by atoms with E-state index < -0.39 is 11.9 Å². The maximum Gasteiger partial charge on any atom is 0.412 e. The smallest absolute Gasteiger partial charge is 0.412 e. The number of amides is 1. The van der Waals surface area contributed by atoms with Crippen LogP contribution in [0.4, 0.5) is 19.4 Å². The van der Waals surface area contributed by atoms with Crippen molar-refractivity contribution < 1.29 is 27.8 Å². The first-order valence-electron chi connectivity index (χ1n) is 6.91. The number of rotatable bonds is 7. The molecule has 2 aromatic rings. The Labute approximate surface area is 136 Å². The second kappa shape index (κ2) is 8.73. The van der Waals surface area contributed by atoms with Gasteiger partial charge in [0.05, 0.1) is 12.8 Å². The molecule has 1 aromatic carbocycles. The van der Waals surface area contributed by atoms with Gasteiger partial charge < -0.3 is 14.2 Å². The Bertz CT molecular complexity index is 683. The lowest BCUT2D eigenvalue weighted by atomic mass is 10.2. The first-order valence-corrected chi connectivity index (χ1v) is 6.91. The number of aromatic nitrogens is 2. The highest BCUT2D eigenvalue weighted by molar-refractivity contribution is 5.83. The average Bonchev–Trinajstić information content (AvgIpc) is 2.57. The van der Waals surface area contributed by atoms with Gasteiger partial charge in [0.25, 0.3) is 0 Å². The molecule has 0 unspecified atom stereocenters. The summed E-state index contributed by atoms with van der Waals surface area (Å²) in [6, 6.07) is 5.49. The molecule has 0 spiro atoms. The van der Waals surface area contributed by atoms with Gasteiger partial charge in [0.2, 0.25) is 0 Å². The topological polar surface area (TPSA) is 82.6 Å². The van der Waals surface area contributed by atoms with E-state index in [2.05, 4.69) is 15.3 Å². The zero-order chi connectivity index (χ0) is 17.4. The van der Waals surface area contributed by atoms with Gasteiger partial charge in [0.1, 0.15) is 19.0 Å². The molecular formula is C15H15F2N3O4. The third-order valence-electron chi connectivity index (χ3n) is 2.74. The number of anilines is 1. The Balaban J connectivity index is 1.94. The van der Waals surface area contributed by atoms with E-state index >= 15 is 0 Å². The molecule has 0 saturated carbocycles. The van der Waals surface area contributed by atoms with Crippen molar-refractivity contribution in [3.63, 3.8) is 0 Å². The van der Waals surface area contributed by atoms with Crippen molar-refractivity contribution in [3.8, 4) is 6.01 Å². The largest absolute Gasteiger partial charge is 0.459 e. The number of hydrogen-bond donors (Lipinski definition) is 1. The normalized spacial score (nSPS) is 10.3. The molecule has 0 saturated heterocycles. The number of nitrogens with one attached hydrogen (secondary N) is 1. The Morgan fingerprint density at radius 2 is 1.96 bits per heavy atom. The first-order chi connectivity index (χ1) is 11.6. The summed E-state index contributed by atoms with van der Waals surface area (Å²) in [6.07, 6.45) is -0.0215. The summed E-state index contributed by atoms with van der Waals surface area (Å²) in [4.78, 5) is 18.9. The fourth-order valence-electron chi connectivity index (χ4n) is 1.59. The number of carbonyl (C=O) groups is 1. The summed E-state index contributed by atoms with van der Waals surface area (Å²) in [5.41, 5.74) is 0.679. The van der Waals surface area contributed by atoms with Gasteiger partial charge in [0.15, 0.2) is 11.6 Å². The molecule has 1 aromatic heterocycles. The zero-order valence-electron chi connectivity index (χ0n) is 12.8. The van der Waals surface area contributed by atoms with Gasteiger partial charge in [-0.05, 0) is 17.7 Å². The van der Waals surface area contributed by atoms with E-state index in [0.29, 0.717) is 5.56 Å². The Hall–Kier alpha value is -2.81. The van der Waals surface area contributed by atoms with E-state index in [-0.39, 0.29) is 37.5 Å². The van der Waals surface area contributed by atoms with Crippen molar-refractivity contribution in [1.82, 2.24) is 9.97 Å². The molecule has 1 N–H and O–H groups in total. The van der Waals surface area contributed by atoms with Crippen molar-refractivity contribution in [2.75, 3.05) is 25.6 Å². The first kappa shape index (κ1) is 17.5. The highest BCUT2D eigenvalue weighted by Crippen LogP contribution is 2.15. The minimum absolute atomic E-state index is 0.0168. The van der Waals surface area contributed by atoms with Gasteiger partial charge in [0, 0.05) is 7.11 Å². The van der Waals surface area contributed by atoms with Crippen molar-refractivity contribution in [1.29, 1.82) is 0 Å². The molecule has 0 aliphatic carbocycles. The van der Waals surface area contributed by atoms with Crippen molar-refractivity contribution >= 4 is 11.9 Å². The molecule has 0 bridgehead atoms. The van der Waals surface area contributed by atoms with Crippen LogP contribution >= 0.6 is 0 Å². The van der Waals surface area contributed by atoms with E-state index in [1.54, 1.807) is 0 Å². The predicted octanol–water partition coefficient (Wildman–Crippen LogP) is 2.53. The fraction of sp³-hybridized carbons (Fsp3) is 0.267. The maximum atomic E-state index is 13.6. The van der Waals surface area contributed by atoms with Crippen LogP contribution in [0.15, 0.2) is 30.5 Å². The highest BCUT2D eigenvalue weighted by Gasteiger charge is 2.12. The number of benzene rings is 1. The molecular weight excluding hydrogens is 324 g/mol. The van der Waals surface area contributed by atoms with Crippen LogP contribution in [0, 0.1) is 11.6 Å². The third-order valence-corrected chi connectivity index (χ3v) is 2.74. The standard InChI is InChI=1S/C15H15F2N3O4/c1-22-6-7-23-15(21)20-13-12(17)8-18-14(19-13)24-9-10-2-4-11(16)5-3-10/h2-5,8H,6-7,9H2,1H3,(H,18,19,20,21). The van der Waals surface area contributed by atoms with Crippen molar-refractivity contribution in [2.45, 2.75) is 6.61 Å². The Morgan fingerprint density at radius 3 is 2.67 bits per heavy atom. The summed E-state index contributed by atoms with van der Waals surface area (Å²) < 4.78 is 41.2. The molecule has 1 amide bonds. The van der Waals surface area contributed by atoms with E-state index in [1.165, 1.54) is 31.4 Å². The number of ether oxygens (including phenoxy) is 3. The third kappa shape index (κ3) is 5.43. The summed E-state index contributed by atoms with van der Waals surface area (Å²) >= 11 is 0. The van der Waals surface area contributed by atoms with Crippen molar-refractivity contribution in [3.05, 3.63) is 47.7 Å². The average molecular weight is 339 g/mol. The van der Waals surface area contributed by atoms with Crippen LogP contribution in [0.2, 0.25) is 0 Å². The minimum Gasteiger partial charge on any atom is -0.459 e. The lowest BCUT2D eigenvalue weighted by Gasteiger charge is -2.08. The van der Waals surface area contributed by atoms with Gasteiger partial charge in [-0.3, -0.25) is 5.32 Å². The molecule has 0 radical (unpaired) electrons. The minimum atomic E-state index is -0.880. The van der Waals surface area contributed by atoms with Gasteiger partial charge in [-0.2, -0.15) is 4.98 Å².